The SMILES string of the molecule is CC1CCN(c2n[nH]c(C3Cc4ccccc43)n2)CC1N. The fraction of sp³-hybridized carbons (Fsp3) is 0.500. The Labute approximate surface area is 124 Å². The lowest BCUT2D eigenvalue weighted by atomic mass is 9.77. The first kappa shape index (κ1) is 12.8. The van der Waals surface area contributed by atoms with Crippen molar-refractivity contribution < 1.29 is 0 Å². The Morgan fingerprint density at radius 2 is 2.19 bits per heavy atom. The van der Waals surface area contributed by atoms with Gasteiger partial charge in [0.15, 0.2) is 0 Å². The Morgan fingerprint density at radius 3 is 3.00 bits per heavy atom. The number of nitrogens with one attached hydrogen (secondary N) is 1. The predicted octanol–water partition coefficient (Wildman–Crippen LogP) is 1.67. The molecular weight excluding hydrogens is 262 g/mol. The van der Waals surface area contributed by atoms with Crippen LogP contribution in [0, 0.1) is 5.92 Å². The quantitative estimate of drug-likeness (QED) is 0.879. The Morgan fingerprint density at radius 1 is 1.33 bits per heavy atom. The number of fused-ring (bicyclic) bond motifs is 1. The van der Waals surface area contributed by atoms with Gasteiger partial charge in [-0.25, -0.2) is 0 Å². The van der Waals surface area contributed by atoms with Crippen LogP contribution in [0.1, 0.15) is 36.2 Å². The third kappa shape index (κ3) is 2.12. The molecule has 0 radical (unpaired) electrons. The molecule has 1 aliphatic carbocycles. The molecule has 2 aromatic rings. The van der Waals surface area contributed by atoms with E-state index in [0.717, 1.165) is 37.7 Å². The second-order valence-electron chi connectivity index (χ2n) is 6.35. The van der Waals surface area contributed by atoms with Crippen LogP contribution in [0.3, 0.4) is 0 Å². The molecule has 4 rings (SSSR count). The van der Waals surface area contributed by atoms with Crippen LogP contribution in [0.15, 0.2) is 24.3 Å². The van der Waals surface area contributed by atoms with Gasteiger partial charge in [-0.2, -0.15) is 4.98 Å². The predicted molar refractivity (Wildman–Crippen MR) is 82.3 cm³/mol. The molecule has 5 nitrogen and oxygen atoms in total. The number of piperidine rings is 1. The minimum atomic E-state index is 0.213. The first-order valence-electron chi connectivity index (χ1n) is 7.73. The van der Waals surface area contributed by atoms with E-state index in [9.17, 15) is 0 Å². The van der Waals surface area contributed by atoms with Gasteiger partial charge < -0.3 is 10.6 Å². The number of aromatic nitrogens is 3. The molecule has 0 spiro atoms. The highest BCUT2D eigenvalue weighted by molar-refractivity contribution is 5.45. The van der Waals surface area contributed by atoms with Crippen molar-refractivity contribution in [3.8, 4) is 0 Å². The van der Waals surface area contributed by atoms with Crippen molar-refractivity contribution in [3.63, 3.8) is 0 Å². The molecule has 3 atom stereocenters. The van der Waals surface area contributed by atoms with E-state index in [1.54, 1.807) is 0 Å². The van der Waals surface area contributed by atoms with Gasteiger partial charge in [0.05, 0.1) is 0 Å². The summed E-state index contributed by atoms with van der Waals surface area (Å²) in [5.41, 5.74) is 8.97. The number of H-pyrrole nitrogens is 1. The summed E-state index contributed by atoms with van der Waals surface area (Å²) < 4.78 is 0. The van der Waals surface area contributed by atoms with Crippen molar-refractivity contribution in [2.24, 2.45) is 11.7 Å². The van der Waals surface area contributed by atoms with Crippen LogP contribution in [-0.2, 0) is 6.42 Å². The van der Waals surface area contributed by atoms with Gasteiger partial charge in [0, 0.05) is 25.0 Å². The van der Waals surface area contributed by atoms with Gasteiger partial charge in [-0.1, -0.05) is 31.2 Å². The van der Waals surface area contributed by atoms with Crippen LogP contribution in [0.2, 0.25) is 0 Å². The number of anilines is 1. The van der Waals surface area contributed by atoms with Gasteiger partial charge in [-0.15, -0.1) is 5.10 Å². The number of nitrogens with two attached hydrogens (primary N) is 1. The third-order valence-corrected chi connectivity index (χ3v) is 4.97. The van der Waals surface area contributed by atoms with Crippen LogP contribution >= 0.6 is 0 Å². The monoisotopic (exact) mass is 283 g/mol. The zero-order valence-corrected chi connectivity index (χ0v) is 12.3. The Kier molecular flexibility index (Phi) is 2.96. The van der Waals surface area contributed by atoms with E-state index in [1.165, 1.54) is 11.1 Å². The summed E-state index contributed by atoms with van der Waals surface area (Å²) in [6, 6.07) is 8.77. The largest absolute Gasteiger partial charge is 0.338 e. The molecule has 1 saturated heterocycles. The van der Waals surface area contributed by atoms with E-state index in [2.05, 4.69) is 46.3 Å². The first-order valence-corrected chi connectivity index (χ1v) is 7.73. The molecule has 0 bridgehead atoms. The number of hydrogen-bond donors (Lipinski definition) is 2. The van der Waals surface area contributed by atoms with Gasteiger partial charge in [0.1, 0.15) is 5.82 Å². The summed E-state index contributed by atoms with van der Waals surface area (Å²) >= 11 is 0. The zero-order valence-electron chi connectivity index (χ0n) is 12.3. The molecule has 3 N–H and O–H groups in total. The average Bonchev–Trinajstić information content (AvgIpc) is 2.93. The van der Waals surface area contributed by atoms with E-state index in [1.807, 2.05) is 0 Å². The average molecular weight is 283 g/mol. The standard InChI is InChI=1S/C16H21N5/c1-10-6-7-21(9-14(10)17)16-18-15(19-20-16)13-8-11-4-2-3-5-12(11)13/h2-5,10,13-14H,6-9,17H2,1H3,(H,18,19,20). The summed E-state index contributed by atoms with van der Waals surface area (Å²) in [7, 11) is 0. The maximum Gasteiger partial charge on any atom is 0.244 e. The highest BCUT2D eigenvalue weighted by Crippen LogP contribution is 2.38. The van der Waals surface area contributed by atoms with Gasteiger partial charge in [0.25, 0.3) is 0 Å². The Balaban J connectivity index is 1.52. The lowest BCUT2D eigenvalue weighted by molar-refractivity contribution is 0.376. The van der Waals surface area contributed by atoms with Gasteiger partial charge in [0.2, 0.25) is 5.95 Å². The van der Waals surface area contributed by atoms with Crippen LogP contribution in [0.25, 0.3) is 0 Å². The van der Waals surface area contributed by atoms with Gasteiger partial charge >= 0.3 is 0 Å². The Bertz CT molecular complexity index is 650. The molecule has 3 unspecified atom stereocenters. The van der Waals surface area contributed by atoms with E-state index in [4.69, 9.17) is 10.7 Å². The van der Waals surface area contributed by atoms with Gasteiger partial charge in [-0.3, -0.25) is 5.10 Å². The lowest BCUT2D eigenvalue weighted by Gasteiger charge is -2.34. The highest BCUT2D eigenvalue weighted by Gasteiger charge is 2.31. The number of nitrogens with zero attached hydrogens (tertiary/aromatic N) is 3. The molecule has 1 aromatic carbocycles. The molecule has 5 heteroatoms. The van der Waals surface area contributed by atoms with E-state index in [0.29, 0.717) is 11.8 Å². The summed E-state index contributed by atoms with van der Waals surface area (Å²) in [5.74, 6) is 2.74. The third-order valence-electron chi connectivity index (χ3n) is 4.97. The summed E-state index contributed by atoms with van der Waals surface area (Å²) in [4.78, 5) is 6.92. The minimum absolute atomic E-state index is 0.213. The zero-order chi connectivity index (χ0) is 14.4. The molecule has 1 aromatic heterocycles. The van der Waals surface area contributed by atoms with E-state index < -0.39 is 0 Å². The van der Waals surface area contributed by atoms with Crippen molar-refractivity contribution in [1.29, 1.82) is 0 Å². The summed E-state index contributed by atoms with van der Waals surface area (Å²) in [6.07, 6.45) is 2.17. The minimum Gasteiger partial charge on any atom is -0.338 e. The van der Waals surface area contributed by atoms with Gasteiger partial charge in [-0.05, 0) is 29.9 Å². The molecule has 1 fully saturated rings. The maximum absolute atomic E-state index is 6.17. The molecule has 2 heterocycles. The number of rotatable bonds is 2. The second kappa shape index (κ2) is 4.84. The number of hydrogen-bond acceptors (Lipinski definition) is 4. The smallest absolute Gasteiger partial charge is 0.244 e. The molecule has 110 valence electrons. The fourth-order valence-corrected chi connectivity index (χ4v) is 3.35. The summed E-state index contributed by atoms with van der Waals surface area (Å²) in [6.45, 7) is 4.06. The fourth-order valence-electron chi connectivity index (χ4n) is 3.35. The van der Waals surface area contributed by atoms with Crippen LogP contribution in [0.5, 0.6) is 0 Å². The first-order chi connectivity index (χ1) is 10.2. The number of aromatic amines is 1. The van der Waals surface area contributed by atoms with Crippen molar-refractivity contribution >= 4 is 5.95 Å². The van der Waals surface area contributed by atoms with Crippen molar-refractivity contribution in [2.75, 3.05) is 18.0 Å². The maximum atomic E-state index is 6.17. The van der Waals surface area contributed by atoms with Crippen molar-refractivity contribution in [3.05, 3.63) is 41.2 Å². The Hall–Kier alpha value is -1.88. The van der Waals surface area contributed by atoms with E-state index in [-0.39, 0.29) is 6.04 Å². The molecule has 2 aliphatic rings. The molecular formula is C16H21N5. The number of benzene rings is 1. The lowest BCUT2D eigenvalue weighted by Crippen LogP contribution is -2.48. The van der Waals surface area contributed by atoms with Crippen LogP contribution in [0.4, 0.5) is 5.95 Å². The topological polar surface area (TPSA) is 70.8 Å². The molecule has 0 amide bonds. The van der Waals surface area contributed by atoms with Crippen LogP contribution in [-0.4, -0.2) is 34.3 Å². The molecule has 0 saturated carbocycles. The molecule has 1 aliphatic heterocycles. The normalized spacial score (nSPS) is 28.1. The van der Waals surface area contributed by atoms with Crippen molar-refractivity contribution in [2.45, 2.75) is 31.7 Å². The van der Waals surface area contributed by atoms with Crippen molar-refractivity contribution in [1.82, 2.24) is 15.2 Å². The van der Waals surface area contributed by atoms with E-state index >= 15 is 0 Å². The highest BCUT2D eigenvalue weighted by atomic mass is 15.4. The van der Waals surface area contributed by atoms with Crippen LogP contribution < -0.4 is 10.6 Å². The second-order valence-corrected chi connectivity index (χ2v) is 6.35. The summed E-state index contributed by atoms with van der Waals surface area (Å²) in [5, 5.41) is 7.54. The molecule has 21 heavy (non-hydrogen) atoms.